The summed E-state index contributed by atoms with van der Waals surface area (Å²) in [4.78, 5) is 11.6. The molecule has 0 aliphatic rings. The lowest BCUT2D eigenvalue weighted by atomic mass is 9.94. The van der Waals surface area contributed by atoms with Gasteiger partial charge in [0.25, 0.3) is 0 Å². The van der Waals surface area contributed by atoms with Gasteiger partial charge in [0.2, 0.25) is 5.91 Å². The maximum atomic E-state index is 11.6. The van der Waals surface area contributed by atoms with Crippen LogP contribution in [-0.4, -0.2) is 35.8 Å². The standard InChI is InChI=1S/C16H26N2O3/c1-4-18-16(3,15(17)20)11-12(2)21-14-7-5-13(6-8-14)9-10-19/h5-8,12,18-19H,4,9-11H2,1-3H3,(H2,17,20). The Bertz CT molecular complexity index is 447. The smallest absolute Gasteiger partial charge is 0.237 e. The van der Waals surface area contributed by atoms with Crippen molar-refractivity contribution in [1.29, 1.82) is 0 Å². The second-order valence-corrected chi connectivity index (χ2v) is 5.48. The van der Waals surface area contributed by atoms with Crippen molar-refractivity contribution in [3.63, 3.8) is 0 Å². The number of likely N-dealkylation sites (N-methyl/N-ethyl adjacent to an activating group) is 1. The maximum absolute atomic E-state index is 11.6. The summed E-state index contributed by atoms with van der Waals surface area (Å²) in [6.45, 7) is 6.45. The summed E-state index contributed by atoms with van der Waals surface area (Å²) in [5.41, 5.74) is 5.76. The Morgan fingerprint density at radius 3 is 2.52 bits per heavy atom. The fourth-order valence-corrected chi connectivity index (χ4v) is 2.36. The number of primary amides is 1. The van der Waals surface area contributed by atoms with Gasteiger partial charge in [-0.25, -0.2) is 0 Å². The Labute approximate surface area is 126 Å². The topological polar surface area (TPSA) is 84.6 Å². The highest BCUT2D eigenvalue weighted by Gasteiger charge is 2.32. The number of aliphatic hydroxyl groups is 1. The van der Waals surface area contributed by atoms with E-state index < -0.39 is 5.54 Å². The van der Waals surface area contributed by atoms with E-state index in [0.717, 1.165) is 11.3 Å². The minimum Gasteiger partial charge on any atom is -0.491 e. The molecular formula is C16H26N2O3. The van der Waals surface area contributed by atoms with E-state index in [1.807, 2.05) is 38.1 Å². The van der Waals surface area contributed by atoms with Gasteiger partial charge in [-0.2, -0.15) is 0 Å². The van der Waals surface area contributed by atoms with E-state index in [2.05, 4.69) is 5.32 Å². The fourth-order valence-electron chi connectivity index (χ4n) is 2.36. The predicted molar refractivity (Wildman–Crippen MR) is 83.2 cm³/mol. The van der Waals surface area contributed by atoms with Gasteiger partial charge < -0.3 is 20.9 Å². The summed E-state index contributed by atoms with van der Waals surface area (Å²) < 4.78 is 5.83. The number of nitrogens with one attached hydrogen (secondary N) is 1. The number of carbonyl (C=O) groups excluding carboxylic acids is 1. The zero-order chi connectivity index (χ0) is 15.9. The first-order valence-corrected chi connectivity index (χ1v) is 7.32. The molecule has 21 heavy (non-hydrogen) atoms. The molecule has 2 unspecified atom stereocenters. The summed E-state index contributed by atoms with van der Waals surface area (Å²) in [6, 6.07) is 7.60. The predicted octanol–water partition coefficient (Wildman–Crippen LogP) is 1.23. The van der Waals surface area contributed by atoms with Crippen molar-refractivity contribution in [2.24, 2.45) is 5.73 Å². The molecule has 0 fully saturated rings. The third kappa shape index (κ3) is 5.36. The maximum Gasteiger partial charge on any atom is 0.237 e. The average Bonchev–Trinajstić information content (AvgIpc) is 2.41. The summed E-state index contributed by atoms with van der Waals surface area (Å²) in [7, 11) is 0. The number of carbonyl (C=O) groups is 1. The highest BCUT2D eigenvalue weighted by atomic mass is 16.5. The van der Waals surface area contributed by atoms with E-state index in [0.29, 0.717) is 19.4 Å². The van der Waals surface area contributed by atoms with E-state index in [1.165, 1.54) is 0 Å². The first-order chi connectivity index (χ1) is 9.91. The SMILES string of the molecule is CCNC(C)(CC(C)Oc1ccc(CCO)cc1)C(N)=O. The molecule has 0 aliphatic carbocycles. The minimum atomic E-state index is -0.773. The average molecular weight is 294 g/mol. The Morgan fingerprint density at radius 1 is 1.43 bits per heavy atom. The quantitative estimate of drug-likeness (QED) is 0.639. The number of nitrogens with two attached hydrogens (primary N) is 1. The lowest BCUT2D eigenvalue weighted by Crippen LogP contribution is -2.55. The van der Waals surface area contributed by atoms with Gasteiger partial charge in [0.05, 0.1) is 11.6 Å². The second kappa shape index (κ2) is 8.00. The Balaban J connectivity index is 2.63. The van der Waals surface area contributed by atoms with Gasteiger partial charge in [0.15, 0.2) is 0 Å². The molecule has 4 N–H and O–H groups in total. The zero-order valence-electron chi connectivity index (χ0n) is 13.1. The van der Waals surface area contributed by atoms with Gasteiger partial charge in [-0.1, -0.05) is 19.1 Å². The molecular weight excluding hydrogens is 268 g/mol. The van der Waals surface area contributed by atoms with Crippen LogP contribution in [0, 0.1) is 0 Å². The number of benzene rings is 1. The molecule has 2 atom stereocenters. The third-order valence-corrected chi connectivity index (χ3v) is 3.47. The number of hydrogen-bond acceptors (Lipinski definition) is 4. The molecule has 0 heterocycles. The van der Waals surface area contributed by atoms with Crippen LogP contribution in [0.25, 0.3) is 0 Å². The van der Waals surface area contributed by atoms with Crippen molar-refractivity contribution < 1.29 is 14.6 Å². The van der Waals surface area contributed by atoms with E-state index in [4.69, 9.17) is 15.6 Å². The van der Waals surface area contributed by atoms with Gasteiger partial charge in [-0.15, -0.1) is 0 Å². The van der Waals surface area contributed by atoms with Crippen LogP contribution in [0.4, 0.5) is 0 Å². The summed E-state index contributed by atoms with van der Waals surface area (Å²) in [6.07, 6.45) is 0.982. The minimum absolute atomic E-state index is 0.135. The Morgan fingerprint density at radius 2 is 2.05 bits per heavy atom. The monoisotopic (exact) mass is 294 g/mol. The van der Waals surface area contributed by atoms with Gasteiger partial charge >= 0.3 is 0 Å². The van der Waals surface area contributed by atoms with Gasteiger partial charge in [-0.05, 0) is 44.5 Å². The zero-order valence-corrected chi connectivity index (χ0v) is 13.1. The molecule has 118 valence electrons. The van der Waals surface area contributed by atoms with Crippen LogP contribution in [0.2, 0.25) is 0 Å². The van der Waals surface area contributed by atoms with E-state index in [-0.39, 0.29) is 18.6 Å². The van der Waals surface area contributed by atoms with Crippen molar-refractivity contribution in [3.05, 3.63) is 29.8 Å². The van der Waals surface area contributed by atoms with Gasteiger partial charge in [0.1, 0.15) is 5.75 Å². The van der Waals surface area contributed by atoms with Crippen molar-refractivity contribution in [3.8, 4) is 5.75 Å². The molecule has 0 bridgehead atoms. The van der Waals surface area contributed by atoms with Gasteiger partial charge in [0, 0.05) is 13.0 Å². The molecule has 0 radical (unpaired) electrons. The van der Waals surface area contributed by atoms with E-state index in [9.17, 15) is 4.79 Å². The molecule has 1 amide bonds. The van der Waals surface area contributed by atoms with Crippen LogP contribution in [-0.2, 0) is 11.2 Å². The fraction of sp³-hybridized carbons (Fsp3) is 0.562. The number of aliphatic hydroxyl groups excluding tert-OH is 1. The number of ether oxygens (including phenoxy) is 1. The second-order valence-electron chi connectivity index (χ2n) is 5.48. The molecule has 1 aromatic rings. The number of rotatable bonds is 9. The highest BCUT2D eigenvalue weighted by Crippen LogP contribution is 2.19. The van der Waals surface area contributed by atoms with Crippen LogP contribution in [0.3, 0.4) is 0 Å². The third-order valence-electron chi connectivity index (χ3n) is 3.47. The summed E-state index contributed by atoms with van der Waals surface area (Å²) in [5, 5.41) is 12.0. The highest BCUT2D eigenvalue weighted by molar-refractivity contribution is 5.84. The summed E-state index contributed by atoms with van der Waals surface area (Å²) in [5.74, 6) is 0.366. The van der Waals surface area contributed by atoms with Gasteiger partial charge in [-0.3, -0.25) is 4.79 Å². The van der Waals surface area contributed by atoms with E-state index in [1.54, 1.807) is 6.92 Å². The molecule has 0 aliphatic heterocycles. The van der Waals surface area contributed by atoms with Crippen molar-refractivity contribution >= 4 is 5.91 Å². The molecule has 0 spiro atoms. The van der Waals surface area contributed by atoms with Crippen LogP contribution in [0.15, 0.2) is 24.3 Å². The normalized spacial score (nSPS) is 15.2. The first kappa shape index (κ1) is 17.5. The Hall–Kier alpha value is -1.59. The molecule has 0 aromatic heterocycles. The first-order valence-electron chi connectivity index (χ1n) is 7.32. The Kier molecular flexibility index (Phi) is 6.65. The van der Waals surface area contributed by atoms with Crippen LogP contribution < -0.4 is 15.8 Å². The molecule has 1 rings (SSSR count). The lowest BCUT2D eigenvalue weighted by molar-refractivity contribution is -0.124. The lowest BCUT2D eigenvalue weighted by Gasteiger charge is -2.30. The molecule has 5 heteroatoms. The summed E-state index contributed by atoms with van der Waals surface area (Å²) >= 11 is 0. The largest absolute Gasteiger partial charge is 0.491 e. The van der Waals surface area contributed by atoms with Crippen LogP contribution >= 0.6 is 0 Å². The van der Waals surface area contributed by atoms with Crippen LogP contribution in [0.1, 0.15) is 32.8 Å². The van der Waals surface area contributed by atoms with Crippen molar-refractivity contribution in [2.75, 3.05) is 13.2 Å². The molecule has 0 saturated heterocycles. The number of hydrogen-bond donors (Lipinski definition) is 3. The van der Waals surface area contributed by atoms with E-state index >= 15 is 0 Å². The van der Waals surface area contributed by atoms with Crippen LogP contribution in [0.5, 0.6) is 5.75 Å². The van der Waals surface area contributed by atoms with Crippen molar-refractivity contribution in [2.45, 2.75) is 45.3 Å². The van der Waals surface area contributed by atoms with Crippen molar-refractivity contribution in [1.82, 2.24) is 5.32 Å². The molecule has 5 nitrogen and oxygen atoms in total. The number of amides is 1. The molecule has 1 aromatic carbocycles. The molecule has 0 saturated carbocycles.